The first kappa shape index (κ1) is 13.7. The Kier molecular flexibility index (Phi) is 2.99. The van der Waals surface area contributed by atoms with E-state index in [2.05, 4.69) is 15.3 Å². The fourth-order valence-electron chi connectivity index (χ4n) is 2.41. The number of anilines is 1. The van der Waals surface area contributed by atoms with Gasteiger partial charge in [0.2, 0.25) is 0 Å². The number of H-pyrrole nitrogens is 1. The number of aromatic nitrogens is 4. The monoisotopic (exact) mass is 299 g/mol. The van der Waals surface area contributed by atoms with Crippen molar-refractivity contribution in [3.05, 3.63) is 29.3 Å². The third kappa shape index (κ3) is 2.28. The molecule has 2 aromatic heterocycles. The number of amides is 1. The molecule has 1 N–H and O–H groups in total. The molecule has 1 amide bonds. The summed E-state index contributed by atoms with van der Waals surface area (Å²) in [5.74, 6) is -0.511. The number of carbonyl (C=O) groups excluding carboxylic acids is 1. The Hall–Kier alpha value is -2.32. The van der Waals surface area contributed by atoms with Crippen LogP contribution >= 0.6 is 0 Å². The molecule has 0 bridgehead atoms. The minimum Gasteiger partial charge on any atom is -0.304 e. The standard InChI is InChI=1S/C12H12F3N5O/c1-19-8(5-10(18-19)12(13,14)15)11(21)20-4-2-3-7-9(20)6-16-17-7/h5-6H,2-4H2,1H3,(H,16,17). The van der Waals surface area contributed by atoms with Gasteiger partial charge in [0.15, 0.2) is 5.69 Å². The molecule has 1 aliphatic heterocycles. The van der Waals surface area contributed by atoms with Gasteiger partial charge in [-0.05, 0) is 12.8 Å². The van der Waals surface area contributed by atoms with E-state index in [1.807, 2.05) is 0 Å². The van der Waals surface area contributed by atoms with Crippen LogP contribution in [0.4, 0.5) is 18.9 Å². The van der Waals surface area contributed by atoms with Crippen LogP contribution in [0.5, 0.6) is 0 Å². The molecule has 0 radical (unpaired) electrons. The van der Waals surface area contributed by atoms with Gasteiger partial charge >= 0.3 is 6.18 Å². The molecule has 112 valence electrons. The molecule has 0 unspecified atom stereocenters. The summed E-state index contributed by atoms with van der Waals surface area (Å²) in [5, 5.41) is 10.0. The van der Waals surface area contributed by atoms with Crippen LogP contribution in [0, 0.1) is 0 Å². The van der Waals surface area contributed by atoms with Crippen LogP contribution in [0.1, 0.15) is 28.3 Å². The first-order valence-corrected chi connectivity index (χ1v) is 6.33. The molecule has 1 aliphatic rings. The summed E-state index contributed by atoms with van der Waals surface area (Å²) in [6, 6.07) is 0.774. The molecule has 2 aromatic rings. The zero-order valence-corrected chi connectivity index (χ0v) is 11.1. The predicted octanol–water partition coefficient (Wildman–Crippen LogP) is 1.75. The highest BCUT2D eigenvalue weighted by atomic mass is 19.4. The normalized spacial score (nSPS) is 15.1. The van der Waals surface area contributed by atoms with Crippen molar-refractivity contribution in [3.8, 4) is 0 Å². The summed E-state index contributed by atoms with van der Waals surface area (Å²) in [6.45, 7) is 0.442. The van der Waals surface area contributed by atoms with Gasteiger partial charge in [-0.3, -0.25) is 14.6 Å². The SMILES string of the molecule is Cn1nc(C(F)(F)F)cc1C(=O)N1CCCc2[nH]ncc21. The van der Waals surface area contributed by atoms with Crippen molar-refractivity contribution in [1.29, 1.82) is 0 Å². The zero-order chi connectivity index (χ0) is 15.2. The predicted molar refractivity (Wildman–Crippen MR) is 66.8 cm³/mol. The minimum absolute atomic E-state index is 0.101. The van der Waals surface area contributed by atoms with Crippen molar-refractivity contribution in [2.45, 2.75) is 19.0 Å². The summed E-state index contributed by atoms with van der Waals surface area (Å²) in [7, 11) is 1.32. The van der Waals surface area contributed by atoms with Crippen LogP contribution in [0.25, 0.3) is 0 Å². The Bertz CT molecular complexity index is 687. The van der Waals surface area contributed by atoms with E-state index in [9.17, 15) is 18.0 Å². The number of nitrogens with zero attached hydrogens (tertiary/aromatic N) is 4. The highest BCUT2D eigenvalue weighted by Crippen LogP contribution is 2.30. The lowest BCUT2D eigenvalue weighted by Crippen LogP contribution is -2.36. The van der Waals surface area contributed by atoms with E-state index in [1.165, 1.54) is 18.1 Å². The topological polar surface area (TPSA) is 66.8 Å². The highest BCUT2D eigenvalue weighted by Gasteiger charge is 2.36. The lowest BCUT2D eigenvalue weighted by molar-refractivity contribution is -0.141. The van der Waals surface area contributed by atoms with Gasteiger partial charge < -0.3 is 4.90 Å². The highest BCUT2D eigenvalue weighted by molar-refractivity contribution is 6.05. The second kappa shape index (κ2) is 4.61. The number of nitrogens with one attached hydrogen (secondary N) is 1. The number of halogens is 3. The van der Waals surface area contributed by atoms with Gasteiger partial charge in [-0.2, -0.15) is 23.4 Å². The molecule has 21 heavy (non-hydrogen) atoms. The fraction of sp³-hybridized carbons (Fsp3) is 0.417. The Morgan fingerprint density at radius 3 is 2.86 bits per heavy atom. The first-order valence-electron chi connectivity index (χ1n) is 6.33. The van der Waals surface area contributed by atoms with Crippen molar-refractivity contribution < 1.29 is 18.0 Å². The Labute approximate surface area is 117 Å². The maximum Gasteiger partial charge on any atom is 0.435 e. The minimum atomic E-state index is -4.57. The molecule has 0 fully saturated rings. The van der Waals surface area contributed by atoms with Gasteiger partial charge in [0.25, 0.3) is 5.91 Å². The van der Waals surface area contributed by atoms with Crippen LogP contribution in [0.15, 0.2) is 12.3 Å². The van der Waals surface area contributed by atoms with E-state index in [0.717, 1.165) is 29.3 Å². The molecule has 0 atom stereocenters. The Morgan fingerprint density at radius 2 is 2.19 bits per heavy atom. The second-order valence-electron chi connectivity index (χ2n) is 4.83. The molecule has 0 aromatic carbocycles. The molecular weight excluding hydrogens is 287 g/mol. The molecule has 0 spiro atoms. The molecule has 0 aliphatic carbocycles. The third-order valence-electron chi connectivity index (χ3n) is 3.43. The van der Waals surface area contributed by atoms with Crippen LogP contribution in [0.3, 0.4) is 0 Å². The number of aryl methyl sites for hydroxylation is 2. The quantitative estimate of drug-likeness (QED) is 0.872. The number of hydrogen-bond acceptors (Lipinski definition) is 3. The number of aromatic amines is 1. The van der Waals surface area contributed by atoms with Crippen molar-refractivity contribution in [2.75, 3.05) is 11.4 Å². The zero-order valence-electron chi connectivity index (χ0n) is 11.1. The van der Waals surface area contributed by atoms with Crippen molar-refractivity contribution in [2.24, 2.45) is 7.05 Å². The van der Waals surface area contributed by atoms with Crippen LogP contribution in [0.2, 0.25) is 0 Å². The van der Waals surface area contributed by atoms with Gasteiger partial charge in [0.05, 0.1) is 17.6 Å². The first-order chi connectivity index (χ1) is 9.88. The van der Waals surface area contributed by atoms with Gasteiger partial charge in [0.1, 0.15) is 5.69 Å². The maximum atomic E-state index is 12.7. The summed E-state index contributed by atoms with van der Waals surface area (Å²) < 4.78 is 38.9. The molecule has 3 heterocycles. The average molecular weight is 299 g/mol. The van der Waals surface area contributed by atoms with Crippen molar-refractivity contribution in [3.63, 3.8) is 0 Å². The van der Waals surface area contributed by atoms with Crippen molar-refractivity contribution >= 4 is 11.6 Å². The molecular formula is C12H12F3N5O. The molecule has 0 saturated heterocycles. The fourth-order valence-corrected chi connectivity index (χ4v) is 2.41. The Balaban J connectivity index is 1.96. The largest absolute Gasteiger partial charge is 0.435 e. The van der Waals surface area contributed by atoms with Crippen molar-refractivity contribution in [1.82, 2.24) is 20.0 Å². The van der Waals surface area contributed by atoms with E-state index in [1.54, 1.807) is 0 Å². The summed E-state index contributed by atoms with van der Waals surface area (Å²) in [5.41, 5.74) is 0.253. The summed E-state index contributed by atoms with van der Waals surface area (Å²) in [6.07, 6.45) is -1.57. The molecule has 3 rings (SSSR count). The number of rotatable bonds is 1. The Morgan fingerprint density at radius 1 is 1.43 bits per heavy atom. The summed E-state index contributed by atoms with van der Waals surface area (Å²) in [4.78, 5) is 13.9. The van der Waals surface area contributed by atoms with Crippen LogP contribution in [-0.2, 0) is 19.6 Å². The van der Waals surface area contributed by atoms with Gasteiger partial charge in [-0.15, -0.1) is 0 Å². The lowest BCUT2D eigenvalue weighted by atomic mass is 10.1. The van der Waals surface area contributed by atoms with E-state index in [4.69, 9.17) is 0 Å². The lowest BCUT2D eigenvalue weighted by Gasteiger charge is -2.26. The maximum absolute atomic E-state index is 12.7. The number of hydrogen-bond donors (Lipinski definition) is 1. The summed E-state index contributed by atoms with van der Waals surface area (Å²) >= 11 is 0. The van der Waals surface area contributed by atoms with E-state index in [-0.39, 0.29) is 5.69 Å². The third-order valence-corrected chi connectivity index (χ3v) is 3.43. The molecule has 6 nitrogen and oxygen atoms in total. The van der Waals surface area contributed by atoms with E-state index in [0.29, 0.717) is 12.2 Å². The van der Waals surface area contributed by atoms with Gasteiger partial charge in [-0.25, -0.2) is 0 Å². The molecule has 0 saturated carbocycles. The number of carbonyl (C=O) groups is 1. The van der Waals surface area contributed by atoms with Gasteiger partial charge in [-0.1, -0.05) is 0 Å². The number of fused-ring (bicyclic) bond motifs is 1. The number of alkyl halides is 3. The van der Waals surface area contributed by atoms with Crippen LogP contribution < -0.4 is 4.90 Å². The molecule has 9 heteroatoms. The smallest absolute Gasteiger partial charge is 0.304 e. The van der Waals surface area contributed by atoms with Crippen LogP contribution in [-0.4, -0.2) is 32.4 Å². The van der Waals surface area contributed by atoms with Gasteiger partial charge in [0, 0.05) is 19.7 Å². The van der Waals surface area contributed by atoms with E-state index >= 15 is 0 Å². The average Bonchev–Trinajstić information content (AvgIpc) is 3.02. The van der Waals surface area contributed by atoms with E-state index < -0.39 is 17.8 Å². The second-order valence-corrected chi connectivity index (χ2v) is 4.83.